The minimum Gasteiger partial charge on any atom is -0.294 e. The van der Waals surface area contributed by atoms with Gasteiger partial charge in [-0.15, -0.1) is 0 Å². The topological polar surface area (TPSA) is 27.0 Å². The lowest BCUT2D eigenvalue weighted by molar-refractivity contribution is 0.241. The highest BCUT2D eigenvalue weighted by Crippen LogP contribution is 2.54. The van der Waals surface area contributed by atoms with Gasteiger partial charge in [0, 0.05) is 19.6 Å². The molecule has 1 aliphatic rings. The summed E-state index contributed by atoms with van der Waals surface area (Å²) in [6.07, 6.45) is 0.952. The Bertz CT molecular complexity index is 858. The number of hydrogen-bond donors (Lipinski definition) is 0. The van der Waals surface area contributed by atoms with Crippen LogP contribution < -0.4 is 0 Å². The van der Waals surface area contributed by atoms with E-state index < -0.39 is 0 Å². The van der Waals surface area contributed by atoms with Gasteiger partial charge in [-0.2, -0.15) is 5.26 Å². The number of nitriles is 1. The van der Waals surface area contributed by atoms with Gasteiger partial charge in [0.25, 0.3) is 0 Å². The number of rotatable bonds is 7. The number of nitrogens with zero attached hydrogens (tertiary/aromatic N) is 2. The fourth-order valence-electron chi connectivity index (χ4n) is 4.02. The lowest BCUT2D eigenvalue weighted by Gasteiger charge is -2.24. The maximum atomic E-state index is 9.90. The molecule has 27 heavy (non-hydrogen) atoms. The van der Waals surface area contributed by atoms with E-state index in [4.69, 9.17) is 0 Å². The Hall–Kier alpha value is -2.89. The molecule has 1 fully saturated rings. The highest BCUT2D eigenvalue weighted by Gasteiger charge is 2.56. The molecule has 1 aliphatic carbocycles. The van der Waals surface area contributed by atoms with Crippen molar-refractivity contribution in [2.75, 3.05) is 6.54 Å². The van der Waals surface area contributed by atoms with Gasteiger partial charge in [0.1, 0.15) is 0 Å². The van der Waals surface area contributed by atoms with Gasteiger partial charge in [0.2, 0.25) is 0 Å². The lowest BCUT2D eigenvalue weighted by Crippen LogP contribution is -2.27. The predicted octanol–water partition coefficient (Wildman–Crippen LogP) is 5.17. The number of benzene rings is 3. The van der Waals surface area contributed by atoms with Crippen molar-refractivity contribution in [3.63, 3.8) is 0 Å². The summed E-state index contributed by atoms with van der Waals surface area (Å²) in [5.41, 5.74) is 3.48. The SMILES string of the molecule is N#C[C@]1(c2ccccc2)C[C@@H]1CN(Cc1ccccc1)Cc1ccccc1. The molecule has 4 rings (SSSR count). The normalized spacial score (nSPS) is 21.0. The van der Waals surface area contributed by atoms with E-state index in [2.05, 4.69) is 83.8 Å². The van der Waals surface area contributed by atoms with Crippen molar-refractivity contribution in [2.24, 2.45) is 5.92 Å². The number of hydrogen-bond acceptors (Lipinski definition) is 2. The molecule has 2 atom stereocenters. The first-order chi connectivity index (χ1) is 13.3. The van der Waals surface area contributed by atoms with Crippen molar-refractivity contribution in [1.29, 1.82) is 5.26 Å². The summed E-state index contributed by atoms with van der Waals surface area (Å²) >= 11 is 0. The zero-order chi connectivity index (χ0) is 18.5. The van der Waals surface area contributed by atoms with Crippen LogP contribution in [-0.4, -0.2) is 11.4 Å². The molecule has 0 aromatic heterocycles. The molecular weight excluding hydrogens is 328 g/mol. The first kappa shape index (κ1) is 17.5. The van der Waals surface area contributed by atoms with Crippen molar-refractivity contribution in [3.8, 4) is 6.07 Å². The van der Waals surface area contributed by atoms with Gasteiger partial charge in [0.15, 0.2) is 0 Å². The molecule has 0 bridgehead atoms. The molecule has 0 unspecified atom stereocenters. The molecule has 0 amide bonds. The second-order valence-electron chi connectivity index (χ2n) is 7.49. The zero-order valence-electron chi connectivity index (χ0n) is 15.5. The van der Waals surface area contributed by atoms with Crippen LogP contribution in [0, 0.1) is 17.2 Å². The molecule has 3 aromatic rings. The van der Waals surface area contributed by atoms with Gasteiger partial charge in [-0.25, -0.2) is 0 Å². The third kappa shape index (κ3) is 3.94. The molecule has 0 heterocycles. The fourth-order valence-corrected chi connectivity index (χ4v) is 4.02. The van der Waals surface area contributed by atoms with Crippen LogP contribution in [0.2, 0.25) is 0 Å². The molecule has 2 heteroatoms. The van der Waals surface area contributed by atoms with E-state index >= 15 is 0 Å². The van der Waals surface area contributed by atoms with E-state index in [-0.39, 0.29) is 5.41 Å². The summed E-state index contributed by atoms with van der Waals surface area (Å²) in [5, 5.41) is 9.90. The smallest absolute Gasteiger partial charge is 0.0867 e. The van der Waals surface area contributed by atoms with Crippen molar-refractivity contribution >= 4 is 0 Å². The Balaban J connectivity index is 1.52. The van der Waals surface area contributed by atoms with E-state index in [0.717, 1.165) is 31.6 Å². The van der Waals surface area contributed by atoms with E-state index in [9.17, 15) is 5.26 Å². The molecule has 0 aliphatic heterocycles. The quantitative estimate of drug-likeness (QED) is 0.586. The highest BCUT2D eigenvalue weighted by atomic mass is 15.1. The summed E-state index contributed by atoms with van der Waals surface area (Å²) in [6, 6.07) is 34.1. The van der Waals surface area contributed by atoms with Crippen molar-refractivity contribution in [1.82, 2.24) is 4.90 Å². The Morgan fingerprint density at radius 3 is 1.74 bits per heavy atom. The van der Waals surface area contributed by atoms with Crippen LogP contribution in [0.3, 0.4) is 0 Å². The molecule has 3 aromatic carbocycles. The monoisotopic (exact) mass is 352 g/mol. The van der Waals surface area contributed by atoms with Gasteiger partial charge >= 0.3 is 0 Å². The van der Waals surface area contributed by atoms with Gasteiger partial charge in [0.05, 0.1) is 11.5 Å². The van der Waals surface area contributed by atoms with Crippen LogP contribution >= 0.6 is 0 Å². The van der Waals surface area contributed by atoms with Crippen molar-refractivity contribution in [3.05, 3.63) is 108 Å². The van der Waals surface area contributed by atoms with E-state index in [1.165, 1.54) is 11.1 Å². The van der Waals surface area contributed by atoms with Crippen LogP contribution in [-0.2, 0) is 18.5 Å². The Morgan fingerprint density at radius 2 is 1.26 bits per heavy atom. The maximum Gasteiger partial charge on any atom is 0.0867 e. The second kappa shape index (κ2) is 7.78. The average Bonchev–Trinajstić information content (AvgIpc) is 3.44. The highest BCUT2D eigenvalue weighted by molar-refractivity contribution is 5.41. The fraction of sp³-hybridized carbons (Fsp3) is 0.240. The Labute approximate surface area is 161 Å². The minimum absolute atomic E-state index is 0.313. The lowest BCUT2D eigenvalue weighted by atomic mass is 9.94. The predicted molar refractivity (Wildman–Crippen MR) is 109 cm³/mol. The minimum atomic E-state index is -0.313. The summed E-state index contributed by atoms with van der Waals surface area (Å²) in [4.78, 5) is 2.48. The molecule has 2 nitrogen and oxygen atoms in total. The van der Waals surface area contributed by atoms with Crippen LogP contribution in [0.15, 0.2) is 91.0 Å². The molecule has 0 radical (unpaired) electrons. The largest absolute Gasteiger partial charge is 0.294 e. The van der Waals surface area contributed by atoms with E-state index in [1.807, 2.05) is 18.2 Å². The van der Waals surface area contributed by atoms with Gasteiger partial charge in [-0.1, -0.05) is 91.0 Å². The summed E-state index contributed by atoms with van der Waals surface area (Å²) in [7, 11) is 0. The summed E-state index contributed by atoms with van der Waals surface area (Å²) in [6.45, 7) is 2.75. The molecule has 0 saturated heterocycles. The molecule has 134 valence electrons. The first-order valence-electron chi connectivity index (χ1n) is 9.57. The van der Waals surface area contributed by atoms with Gasteiger partial charge in [-0.05, 0) is 29.0 Å². The molecule has 1 saturated carbocycles. The van der Waals surface area contributed by atoms with Crippen molar-refractivity contribution < 1.29 is 0 Å². The van der Waals surface area contributed by atoms with E-state index in [0.29, 0.717) is 5.92 Å². The van der Waals surface area contributed by atoms with Crippen LogP contribution in [0.4, 0.5) is 0 Å². The second-order valence-corrected chi connectivity index (χ2v) is 7.49. The standard InChI is InChI=1S/C25H24N2/c26-20-25(23-14-8-3-9-15-23)16-24(25)19-27(17-21-10-4-1-5-11-21)18-22-12-6-2-7-13-22/h1-15,24H,16-19H2/t24-,25+/m1/s1. The third-order valence-corrected chi connectivity index (χ3v) is 5.57. The third-order valence-electron chi connectivity index (χ3n) is 5.57. The molecular formula is C25H24N2. The summed E-state index contributed by atoms with van der Waals surface area (Å²) < 4.78 is 0. The molecule has 0 spiro atoms. The van der Waals surface area contributed by atoms with Crippen LogP contribution in [0.1, 0.15) is 23.1 Å². The zero-order valence-corrected chi connectivity index (χ0v) is 15.5. The van der Waals surface area contributed by atoms with Crippen molar-refractivity contribution in [2.45, 2.75) is 24.9 Å². The van der Waals surface area contributed by atoms with Gasteiger partial charge in [-0.3, -0.25) is 4.90 Å². The molecule has 0 N–H and O–H groups in total. The maximum absolute atomic E-state index is 9.90. The Kier molecular flexibility index (Phi) is 5.05. The van der Waals surface area contributed by atoms with Crippen LogP contribution in [0.25, 0.3) is 0 Å². The average molecular weight is 352 g/mol. The van der Waals surface area contributed by atoms with Crippen LogP contribution in [0.5, 0.6) is 0 Å². The summed E-state index contributed by atoms with van der Waals surface area (Å²) in [5.74, 6) is 0.386. The van der Waals surface area contributed by atoms with E-state index in [1.54, 1.807) is 0 Å². The first-order valence-corrected chi connectivity index (χ1v) is 9.57. The Morgan fingerprint density at radius 1 is 0.778 bits per heavy atom. The van der Waals surface area contributed by atoms with Gasteiger partial charge < -0.3 is 0 Å².